The molecule has 2 aromatic rings. The van der Waals surface area contributed by atoms with Crippen LogP contribution in [-0.4, -0.2) is 37.7 Å². The Morgan fingerprint density at radius 2 is 1.93 bits per heavy atom. The topological polar surface area (TPSA) is 98.1 Å². The minimum Gasteiger partial charge on any atom is -0.464 e. The molecule has 0 fully saturated rings. The maximum atomic E-state index is 12.0. The van der Waals surface area contributed by atoms with Crippen LogP contribution in [0, 0.1) is 0 Å². The average Bonchev–Trinajstić information content (AvgIpc) is 3.23. The first-order valence-corrected chi connectivity index (χ1v) is 9.37. The summed E-state index contributed by atoms with van der Waals surface area (Å²) in [4.78, 5) is 37.6. The Kier molecular flexibility index (Phi) is 5.69. The Morgan fingerprint density at radius 1 is 1.20 bits per heavy atom. The summed E-state index contributed by atoms with van der Waals surface area (Å²) in [6.45, 7) is 5.15. The number of alkyl carbamates (subject to hydrolysis) is 1. The van der Waals surface area contributed by atoms with Crippen molar-refractivity contribution in [3.8, 4) is 11.3 Å². The van der Waals surface area contributed by atoms with Crippen LogP contribution in [0.2, 0.25) is 0 Å². The lowest BCUT2D eigenvalue weighted by Gasteiger charge is -2.19. The third-order valence-corrected chi connectivity index (χ3v) is 4.40. The number of likely N-dealkylation sites (N-methyl/N-ethyl adjacent to an activating group) is 1. The van der Waals surface area contributed by atoms with E-state index >= 15 is 0 Å². The van der Waals surface area contributed by atoms with Gasteiger partial charge in [-0.2, -0.15) is 0 Å². The lowest BCUT2D eigenvalue weighted by Crippen LogP contribution is -2.34. The SMILES string of the molecule is COC(=O)/C(=C\c1ccc(-c2ccc3c(c2)N(C)C(=O)C3)o1)NC(=O)OC(C)(C)C. The molecular weight excluding hydrogens is 388 g/mol. The molecule has 0 unspecified atom stereocenters. The molecule has 0 saturated carbocycles. The summed E-state index contributed by atoms with van der Waals surface area (Å²) in [6.07, 6.45) is 0.969. The van der Waals surface area contributed by atoms with E-state index in [9.17, 15) is 14.4 Å². The number of nitrogens with zero attached hydrogens (tertiary/aromatic N) is 1. The number of esters is 1. The van der Waals surface area contributed by atoms with Gasteiger partial charge in [-0.1, -0.05) is 12.1 Å². The highest BCUT2D eigenvalue weighted by molar-refractivity contribution is 6.01. The van der Waals surface area contributed by atoms with Crippen LogP contribution in [0.25, 0.3) is 17.4 Å². The van der Waals surface area contributed by atoms with E-state index in [1.807, 2.05) is 18.2 Å². The Bertz CT molecular complexity index is 1030. The molecule has 1 aromatic heterocycles. The van der Waals surface area contributed by atoms with Gasteiger partial charge in [0.25, 0.3) is 0 Å². The van der Waals surface area contributed by atoms with Gasteiger partial charge in [0.05, 0.1) is 13.5 Å². The highest BCUT2D eigenvalue weighted by atomic mass is 16.6. The van der Waals surface area contributed by atoms with Crippen LogP contribution < -0.4 is 10.2 Å². The van der Waals surface area contributed by atoms with Gasteiger partial charge in [0.2, 0.25) is 5.91 Å². The third-order valence-electron chi connectivity index (χ3n) is 4.40. The van der Waals surface area contributed by atoms with Crippen molar-refractivity contribution in [1.82, 2.24) is 5.32 Å². The highest BCUT2D eigenvalue weighted by Crippen LogP contribution is 2.33. The van der Waals surface area contributed by atoms with Gasteiger partial charge in [-0.25, -0.2) is 9.59 Å². The zero-order valence-corrected chi connectivity index (χ0v) is 17.6. The molecule has 2 amide bonds. The maximum absolute atomic E-state index is 12.0. The van der Waals surface area contributed by atoms with Gasteiger partial charge >= 0.3 is 12.1 Å². The molecule has 1 aliphatic heterocycles. The molecule has 0 spiro atoms. The Labute approximate surface area is 174 Å². The minimum atomic E-state index is -0.780. The molecule has 1 aromatic carbocycles. The molecule has 0 atom stereocenters. The number of rotatable bonds is 4. The fraction of sp³-hybridized carbons (Fsp3) is 0.318. The third kappa shape index (κ3) is 4.71. The summed E-state index contributed by atoms with van der Waals surface area (Å²) in [6, 6.07) is 9.06. The number of ether oxygens (including phenoxy) is 2. The number of nitrogens with one attached hydrogen (secondary N) is 1. The molecular formula is C22H24N2O6. The number of furan rings is 1. The number of anilines is 1. The molecule has 2 heterocycles. The zero-order valence-electron chi connectivity index (χ0n) is 17.6. The summed E-state index contributed by atoms with van der Waals surface area (Å²) in [7, 11) is 2.95. The van der Waals surface area contributed by atoms with Crippen molar-refractivity contribution >= 4 is 29.7 Å². The fourth-order valence-corrected chi connectivity index (χ4v) is 2.99. The molecule has 1 aliphatic rings. The Balaban J connectivity index is 1.84. The largest absolute Gasteiger partial charge is 0.464 e. The maximum Gasteiger partial charge on any atom is 0.412 e. The highest BCUT2D eigenvalue weighted by Gasteiger charge is 2.25. The molecule has 0 aliphatic carbocycles. The summed E-state index contributed by atoms with van der Waals surface area (Å²) >= 11 is 0. The van der Waals surface area contributed by atoms with E-state index in [4.69, 9.17) is 13.9 Å². The molecule has 0 saturated heterocycles. The number of hydrogen-bond acceptors (Lipinski definition) is 6. The fourth-order valence-electron chi connectivity index (χ4n) is 2.99. The monoisotopic (exact) mass is 412 g/mol. The normalized spacial score (nSPS) is 13.8. The van der Waals surface area contributed by atoms with Crippen molar-refractivity contribution in [3.63, 3.8) is 0 Å². The summed E-state index contributed by atoms with van der Waals surface area (Å²) in [5.74, 6) is 0.197. The molecule has 8 heteroatoms. The van der Waals surface area contributed by atoms with Gasteiger partial charge in [0, 0.05) is 24.4 Å². The van der Waals surface area contributed by atoms with E-state index in [-0.39, 0.29) is 11.6 Å². The first kappa shape index (κ1) is 21.2. The quantitative estimate of drug-likeness (QED) is 0.610. The van der Waals surface area contributed by atoms with Gasteiger partial charge in [-0.3, -0.25) is 10.1 Å². The van der Waals surface area contributed by atoms with Crippen LogP contribution in [-0.2, 0) is 25.5 Å². The van der Waals surface area contributed by atoms with Crippen LogP contribution in [0.4, 0.5) is 10.5 Å². The van der Waals surface area contributed by atoms with Crippen molar-refractivity contribution in [2.45, 2.75) is 32.8 Å². The van der Waals surface area contributed by atoms with Gasteiger partial charge < -0.3 is 18.8 Å². The first-order valence-electron chi connectivity index (χ1n) is 9.37. The van der Waals surface area contributed by atoms with E-state index in [1.165, 1.54) is 13.2 Å². The second-order valence-electron chi connectivity index (χ2n) is 7.85. The van der Waals surface area contributed by atoms with Gasteiger partial charge in [-0.05, 0) is 44.5 Å². The molecule has 0 bridgehead atoms. The van der Waals surface area contributed by atoms with Crippen molar-refractivity contribution in [2.24, 2.45) is 0 Å². The minimum absolute atomic E-state index is 0.0427. The van der Waals surface area contributed by atoms with E-state index in [1.54, 1.807) is 44.9 Å². The van der Waals surface area contributed by atoms with E-state index in [0.717, 1.165) is 16.8 Å². The summed E-state index contributed by atoms with van der Waals surface area (Å²) < 4.78 is 15.7. The summed E-state index contributed by atoms with van der Waals surface area (Å²) in [5, 5.41) is 2.39. The second kappa shape index (κ2) is 8.06. The number of fused-ring (bicyclic) bond motifs is 1. The Morgan fingerprint density at radius 3 is 2.60 bits per heavy atom. The molecule has 1 N–H and O–H groups in total. The number of amides is 2. The number of hydrogen-bond donors (Lipinski definition) is 1. The van der Waals surface area contributed by atoms with Crippen LogP contribution in [0.15, 0.2) is 40.4 Å². The summed E-state index contributed by atoms with van der Waals surface area (Å²) in [5.41, 5.74) is 1.76. The smallest absolute Gasteiger partial charge is 0.412 e. The van der Waals surface area contributed by atoms with Gasteiger partial charge in [0.1, 0.15) is 22.8 Å². The van der Waals surface area contributed by atoms with Gasteiger partial charge in [-0.15, -0.1) is 0 Å². The van der Waals surface area contributed by atoms with Gasteiger partial charge in [0.15, 0.2) is 0 Å². The van der Waals surface area contributed by atoms with Crippen molar-refractivity contribution in [1.29, 1.82) is 0 Å². The Hall–Kier alpha value is -3.55. The predicted molar refractivity (Wildman–Crippen MR) is 111 cm³/mol. The van der Waals surface area contributed by atoms with Crippen molar-refractivity contribution in [2.75, 3.05) is 19.1 Å². The zero-order chi connectivity index (χ0) is 22.1. The predicted octanol–water partition coefficient (Wildman–Crippen LogP) is 3.50. The van der Waals surface area contributed by atoms with Crippen LogP contribution >= 0.6 is 0 Å². The molecule has 3 rings (SSSR count). The van der Waals surface area contributed by atoms with Crippen molar-refractivity contribution in [3.05, 3.63) is 47.4 Å². The van der Waals surface area contributed by atoms with Crippen LogP contribution in [0.3, 0.4) is 0 Å². The number of benzene rings is 1. The lowest BCUT2D eigenvalue weighted by atomic mass is 10.1. The second-order valence-corrected chi connectivity index (χ2v) is 7.85. The average molecular weight is 412 g/mol. The number of carbonyl (C=O) groups is 3. The molecule has 0 radical (unpaired) electrons. The van der Waals surface area contributed by atoms with Crippen LogP contribution in [0.5, 0.6) is 0 Å². The van der Waals surface area contributed by atoms with E-state index in [0.29, 0.717) is 17.9 Å². The molecule has 30 heavy (non-hydrogen) atoms. The lowest BCUT2D eigenvalue weighted by molar-refractivity contribution is -0.136. The van der Waals surface area contributed by atoms with Crippen molar-refractivity contribution < 1.29 is 28.3 Å². The number of methoxy groups -OCH3 is 1. The van der Waals surface area contributed by atoms with E-state index in [2.05, 4.69) is 5.32 Å². The first-order chi connectivity index (χ1) is 14.1. The standard InChI is InChI=1S/C22H24N2O6/c1-22(2,3)30-21(27)23-16(20(26)28-5)12-15-8-9-18(29-15)14-7-6-13-11-19(25)24(4)17(13)10-14/h6-10,12H,11H2,1-5H3,(H,23,27)/b16-12+. The molecule has 8 nitrogen and oxygen atoms in total. The van der Waals surface area contributed by atoms with Crippen LogP contribution in [0.1, 0.15) is 32.1 Å². The molecule has 158 valence electrons. The number of carbonyl (C=O) groups excluding carboxylic acids is 3. The van der Waals surface area contributed by atoms with E-state index < -0.39 is 17.7 Å².